The number of benzene rings is 1. The molecule has 2 aliphatic heterocycles. The van der Waals surface area contributed by atoms with Crippen LogP contribution in [-0.4, -0.2) is 33.3 Å². The Hall–Kier alpha value is -1.22. The molecule has 0 aromatic heterocycles. The van der Waals surface area contributed by atoms with Gasteiger partial charge in [0.1, 0.15) is 5.75 Å². The van der Waals surface area contributed by atoms with Gasteiger partial charge in [-0.2, -0.15) is 0 Å². The number of ether oxygens (including phenoxy) is 1. The second kappa shape index (κ2) is 4.81. The normalized spacial score (nSPS) is 22.4. The molecular weight excluding hydrogens is 224 g/mol. The van der Waals surface area contributed by atoms with Gasteiger partial charge in [0.2, 0.25) is 0 Å². The van der Waals surface area contributed by atoms with Crippen molar-refractivity contribution < 1.29 is 4.74 Å². The third kappa shape index (κ3) is 2.19. The van der Waals surface area contributed by atoms with E-state index in [1.54, 1.807) is 7.11 Å². The second-order valence-electron chi connectivity index (χ2n) is 5.62. The van der Waals surface area contributed by atoms with Crippen LogP contribution in [0.3, 0.4) is 0 Å². The third-order valence-corrected chi connectivity index (χ3v) is 4.57. The highest BCUT2D eigenvalue weighted by Gasteiger charge is 2.36. The van der Waals surface area contributed by atoms with Crippen LogP contribution in [0.4, 0.5) is 5.69 Å². The van der Waals surface area contributed by atoms with Crippen LogP contribution in [0.25, 0.3) is 0 Å². The first kappa shape index (κ1) is 11.8. The quantitative estimate of drug-likeness (QED) is 0.866. The standard InChI is InChI=1S/C15H22N2O/c1-18-14-4-2-3-13(11-14)17-9-6-15(7-10-17)5-8-16-12-15/h2-4,11,16H,5-10,12H2,1H3. The maximum atomic E-state index is 5.30. The smallest absolute Gasteiger partial charge is 0.120 e. The number of piperidine rings is 1. The van der Waals surface area contributed by atoms with Gasteiger partial charge in [0, 0.05) is 31.4 Å². The Morgan fingerprint density at radius 3 is 2.72 bits per heavy atom. The summed E-state index contributed by atoms with van der Waals surface area (Å²) in [5, 5.41) is 3.52. The van der Waals surface area contributed by atoms with Crippen molar-refractivity contribution in [1.29, 1.82) is 0 Å². The fourth-order valence-corrected chi connectivity index (χ4v) is 3.27. The van der Waals surface area contributed by atoms with Crippen molar-refractivity contribution in [2.45, 2.75) is 19.3 Å². The first-order chi connectivity index (χ1) is 8.81. The lowest BCUT2D eigenvalue weighted by Gasteiger charge is -2.40. The van der Waals surface area contributed by atoms with E-state index >= 15 is 0 Å². The van der Waals surface area contributed by atoms with E-state index in [1.165, 1.54) is 51.1 Å². The Morgan fingerprint density at radius 1 is 1.22 bits per heavy atom. The summed E-state index contributed by atoms with van der Waals surface area (Å²) in [7, 11) is 1.73. The Balaban J connectivity index is 1.68. The molecule has 2 heterocycles. The summed E-state index contributed by atoms with van der Waals surface area (Å²) in [5.74, 6) is 0.954. The molecule has 0 bridgehead atoms. The lowest BCUT2D eigenvalue weighted by atomic mass is 9.78. The molecule has 0 atom stereocenters. The SMILES string of the molecule is COc1cccc(N2CCC3(CCNC3)CC2)c1. The molecule has 2 saturated heterocycles. The van der Waals surface area contributed by atoms with E-state index in [2.05, 4.69) is 28.4 Å². The van der Waals surface area contributed by atoms with Crippen LogP contribution in [0.2, 0.25) is 0 Å². The highest BCUT2D eigenvalue weighted by Crippen LogP contribution is 2.38. The number of nitrogens with one attached hydrogen (secondary N) is 1. The minimum Gasteiger partial charge on any atom is -0.497 e. The summed E-state index contributed by atoms with van der Waals surface area (Å²) in [6, 6.07) is 8.42. The van der Waals surface area contributed by atoms with Crippen molar-refractivity contribution in [3.8, 4) is 5.75 Å². The van der Waals surface area contributed by atoms with Crippen molar-refractivity contribution in [2.24, 2.45) is 5.41 Å². The lowest BCUT2D eigenvalue weighted by molar-refractivity contribution is 0.247. The highest BCUT2D eigenvalue weighted by atomic mass is 16.5. The number of anilines is 1. The van der Waals surface area contributed by atoms with Gasteiger partial charge in [0.05, 0.1) is 7.11 Å². The molecule has 1 aromatic rings. The fraction of sp³-hybridized carbons (Fsp3) is 0.600. The van der Waals surface area contributed by atoms with Crippen LogP contribution in [0, 0.1) is 5.41 Å². The zero-order valence-corrected chi connectivity index (χ0v) is 11.1. The van der Waals surface area contributed by atoms with Gasteiger partial charge in [-0.25, -0.2) is 0 Å². The predicted molar refractivity (Wildman–Crippen MR) is 74.4 cm³/mol. The van der Waals surface area contributed by atoms with Crippen LogP contribution in [-0.2, 0) is 0 Å². The monoisotopic (exact) mass is 246 g/mol. The maximum absolute atomic E-state index is 5.30. The Morgan fingerprint density at radius 2 is 2.06 bits per heavy atom. The van der Waals surface area contributed by atoms with Crippen molar-refractivity contribution in [3.63, 3.8) is 0 Å². The lowest BCUT2D eigenvalue weighted by Crippen LogP contribution is -2.41. The van der Waals surface area contributed by atoms with Gasteiger partial charge in [-0.3, -0.25) is 0 Å². The molecule has 18 heavy (non-hydrogen) atoms. The molecular formula is C15H22N2O. The maximum Gasteiger partial charge on any atom is 0.120 e. The minimum atomic E-state index is 0.593. The highest BCUT2D eigenvalue weighted by molar-refractivity contribution is 5.51. The average Bonchev–Trinajstić information content (AvgIpc) is 2.88. The van der Waals surface area contributed by atoms with Crippen LogP contribution >= 0.6 is 0 Å². The molecule has 0 radical (unpaired) electrons. The Labute approximate surface area is 109 Å². The molecule has 2 aliphatic rings. The van der Waals surface area contributed by atoms with Crippen LogP contribution < -0.4 is 15.0 Å². The van der Waals surface area contributed by atoms with E-state index in [0.717, 1.165) is 5.75 Å². The fourth-order valence-electron chi connectivity index (χ4n) is 3.27. The molecule has 1 N–H and O–H groups in total. The average molecular weight is 246 g/mol. The summed E-state index contributed by atoms with van der Waals surface area (Å²) in [4.78, 5) is 2.49. The molecule has 3 rings (SSSR count). The van der Waals surface area contributed by atoms with Gasteiger partial charge < -0.3 is 15.0 Å². The number of nitrogens with zero attached hydrogens (tertiary/aromatic N) is 1. The molecule has 98 valence electrons. The van der Waals surface area contributed by atoms with Gasteiger partial charge >= 0.3 is 0 Å². The first-order valence-corrected chi connectivity index (χ1v) is 6.91. The zero-order valence-electron chi connectivity index (χ0n) is 11.1. The van der Waals surface area contributed by atoms with Gasteiger partial charge in [-0.05, 0) is 43.4 Å². The molecule has 0 aliphatic carbocycles. The number of hydrogen-bond donors (Lipinski definition) is 1. The first-order valence-electron chi connectivity index (χ1n) is 6.91. The van der Waals surface area contributed by atoms with Crippen molar-refractivity contribution in [1.82, 2.24) is 5.32 Å². The van der Waals surface area contributed by atoms with Crippen molar-refractivity contribution in [3.05, 3.63) is 24.3 Å². The van der Waals surface area contributed by atoms with Crippen LogP contribution in [0.15, 0.2) is 24.3 Å². The van der Waals surface area contributed by atoms with E-state index in [4.69, 9.17) is 4.74 Å². The number of rotatable bonds is 2. The second-order valence-corrected chi connectivity index (χ2v) is 5.62. The van der Waals surface area contributed by atoms with Crippen LogP contribution in [0.1, 0.15) is 19.3 Å². The van der Waals surface area contributed by atoms with E-state index in [0.29, 0.717) is 5.41 Å². The zero-order chi connectivity index (χ0) is 12.4. The Kier molecular flexibility index (Phi) is 3.16. The van der Waals surface area contributed by atoms with E-state index in [1.807, 2.05) is 6.07 Å². The van der Waals surface area contributed by atoms with Crippen molar-refractivity contribution >= 4 is 5.69 Å². The Bertz CT molecular complexity index is 403. The van der Waals surface area contributed by atoms with Gasteiger partial charge in [0.15, 0.2) is 0 Å². The number of methoxy groups -OCH3 is 1. The third-order valence-electron chi connectivity index (χ3n) is 4.57. The number of hydrogen-bond acceptors (Lipinski definition) is 3. The predicted octanol–water partition coefficient (Wildman–Crippen LogP) is 2.28. The van der Waals surface area contributed by atoms with Gasteiger partial charge in [-0.15, -0.1) is 0 Å². The molecule has 1 spiro atoms. The van der Waals surface area contributed by atoms with Gasteiger partial charge in [-0.1, -0.05) is 6.07 Å². The summed E-state index contributed by atoms with van der Waals surface area (Å²) >= 11 is 0. The van der Waals surface area contributed by atoms with E-state index < -0.39 is 0 Å². The molecule has 0 unspecified atom stereocenters. The topological polar surface area (TPSA) is 24.5 Å². The molecule has 3 nitrogen and oxygen atoms in total. The summed E-state index contributed by atoms with van der Waals surface area (Å²) in [5.41, 5.74) is 1.89. The summed E-state index contributed by atoms with van der Waals surface area (Å²) in [6.45, 7) is 4.78. The molecule has 0 saturated carbocycles. The van der Waals surface area contributed by atoms with E-state index in [9.17, 15) is 0 Å². The van der Waals surface area contributed by atoms with Crippen LogP contribution in [0.5, 0.6) is 5.75 Å². The molecule has 1 aromatic carbocycles. The van der Waals surface area contributed by atoms with Crippen molar-refractivity contribution in [2.75, 3.05) is 38.2 Å². The molecule has 0 amide bonds. The molecule has 2 fully saturated rings. The summed E-state index contributed by atoms with van der Waals surface area (Å²) < 4.78 is 5.30. The van der Waals surface area contributed by atoms with Gasteiger partial charge in [0.25, 0.3) is 0 Å². The minimum absolute atomic E-state index is 0.593. The van der Waals surface area contributed by atoms with E-state index in [-0.39, 0.29) is 0 Å². The largest absolute Gasteiger partial charge is 0.497 e. The summed E-state index contributed by atoms with van der Waals surface area (Å²) in [6.07, 6.45) is 3.99. The molecule has 3 heteroatoms.